The van der Waals surface area contributed by atoms with E-state index in [-0.39, 0.29) is 4.08 Å². The van der Waals surface area contributed by atoms with Crippen LogP contribution in [0.15, 0.2) is 24.3 Å². The summed E-state index contributed by atoms with van der Waals surface area (Å²) in [6.45, 7) is 6.19. The van der Waals surface area contributed by atoms with Gasteiger partial charge in [-0.2, -0.15) is 0 Å². The summed E-state index contributed by atoms with van der Waals surface area (Å²) in [6, 6.07) is 8.23. The molecule has 0 bridgehead atoms. The Balaban J connectivity index is 2.34. The number of aryl methyl sites for hydroxylation is 1. The van der Waals surface area contributed by atoms with Crippen LogP contribution in [0.5, 0.6) is 0 Å². The van der Waals surface area contributed by atoms with Gasteiger partial charge in [0.1, 0.15) is 5.60 Å². The highest BCUT2D eigenvalue weighted by Crippen LogP contribution is 2.52. The molecular weight excluding hydrogens is 248 g/mol. The number of hydrogen-bond donors (Lipinski definition) is 1. The average Bonchev–Trinajstić information content (AvgIpc) is 2.30. The van der Waals surface area contributed by atoms with Crippen LogP contribution in [0, 0.1) is 6.92 Å². The Kier molecular flexibility index (Phi) is 3.81. The van der Waals surface area contributed by atoms with Gasteiger partial charge in [-0.05, 0) is 44.3 Å². The molecule has 1 saturated heterocycles. The number of rotatable bonds is 2. The molecule has 1 aromatic rings. The van der Waals surface area contributed by atoms with Crippen LogP contribution in [0.1, 0.15) is 31.4 Å². The van der Waals surface area contributed by atoms with E-state index in [9.17, 15) is 5.11 Å². The first-order chi connectivity index (χ1) is 7.96. The largest absolute Gasteiger partial charge is 0.383 e. The number of hydrogen-bond acceptors (Lipinski definition) is 3. The van der Waals surface area contributed by atoms with E-state index in [0.29, 0.717) is 0 Å². The first-order valence-corrected chi connectivity index (χ1v) is 8.00. The number of aliphatic hydroxyl groups is 1. The third kappa shape index (κ3) is 2.51. The highest BCUT2D eigenvalue weighted by molar-refractivity contribution is 8.18. The predicted molar refractivity (Wildman–Crippen MR) is 78.7 cm³/mol. The molecule has 3 heteroatoms. The van der Waals surface area contributed by atoms with Gasteiger partial charge in [0.05, 0.1) is 4.08 Å². The van der Waals surface area contributed by atoms with Gasteiger partial charge in [-0.15, -0.1) is 23.5 Å². The summed E-state index contributed by atoms with van der Waals surface area (Å²) in [6.07, 6.45) is 1.24. The zero-order valence-electron chi connectivity index (χ0n) is 10.7. The Hall–Kier alpha value is -0.120. The highest BCUT2D eigenvalue weighted by atomic mass is 32.2. The van der Waals surface area contributed by atoms with E-state index in [4.69, 9.17) is 0 Å². The molecule has 17 heavy (non-hydrogen) atoms. The Morgan fingerprint density at radius 1 is 1.29 bits per heavy atom. The van der Waals surface area contributed by atoms with Gasteiger partial charge in [-0.25, -0.2) is 0 Å². The summed E-state index contributed by atoms with van der Waals surface area (Å²) in [5, 5.41) is 11.0. The summed E-state index contributed by atoms with van der Waals surface area (Å²) in [5.41, 5.74) is 1.45. The van der Waals surface area contributed by atoms with Crippen molar-refractivity contribution in [1.29, 1.82) is 0 Å². The predicted octanol–water partition coefficient (Wildman–Crippen LogP) is 3.79. The molecule has 0 amide bonds. The van der Waals surface area contributed by atoms with E-state index in [1.54, 1.807) is 0 Å². The molecular formula is C14H20OS2. The van der Waals surface area contributed by atoms with Gasteiger partial charge in [0.15, 0.2) is 0 Å². The zero-order valence-corrected chi connectivity index (χ0v) is 12.3. The third-order valence-corrected chi connectivity index (χ3v) is 7.10. The lowest BCUT2D eigenvalue weighted by atomic mass is 9.91. The molecule has 1 aromatic carbocycles. The van der Waals surface area contributed by atoms with E-state index >= 15 is 0 Å². The molecule has 0 saturated carbocycles. The van der Waals surface area contributed by atoms with Gasteiger partial charge in [0, 0.05) is 0 Å². The van der Waals surface area contributed by atoms with Crippen LogP contribution in [-0.2, 0) is 5.60 Å². The van der Waals surface area contributed by atoms with Crippen LogP contribution in [0.2, 0.25) is 0 Å². The minimum absolute atomic E-state index is 0.140. The van der Waals surface area contributed by atoms with Gasteiger partial charge in [0.2, 0.25) is 0 Å². The topological polar surface area (TPSA) is 20.2 Å². The van der Waals surface area contributed by atoms with Crippen LogP contribution in [0.25, 0.3) is 0 Å². The molecule has 1 N–H and O–H groups in total. The summed E-state index contributed by atoms with van der Waals surface area (Å²) in [7, 11) is 0. The van der Waals surface area contributed by atoms with Crippen LogP contribution >= 0.6 is 23.5 Å². The Morgan fingerprint density at radius 3 is 2.53 bits per heavy atom. The standard InChI is InChI=1S/C14H20OS2/c1-11-6-4-7-12(10-11)13(2,15)14(3)16-8-5-9-17-14/h4,6-7,10,15H,5,8-9H2,1-3H3/t13-/m0/s1. The molecule has 1 nitrogen and oxygen atoms in total. The SMILES string of the molecule is Cc1cccc([C@](C)(O)C2(C)SCCCS2)c1. The lowest BCUT2D eigenvalue weighted by molar-refractivity contribution is 0.0487. The second-order valence-electron chi connectivity index (χ2n) is 4.94. The van der Waals surface area contributed by atoms with E-state index in [2.05, 4.69) is 26.0 Å². The number of thioether (sulfide) groups is 2. The normalized spacial score (nSPS) is 23.1. The molecule has 1 heterocycles. The Morgan fingerprint density at radius 2 is 1.94 bits per heavy atom. The summed E-state index contributed by atoms with van der Waals surface area (Å²) in [5.74, 6) is 2.29. The maximum absolute atomic E-state index is 11.0. The molecule has 1 aliphatic heterocycles. The maximum atomic E-state index is 11.0. The van der Waals surface area contributed by atoms with Gasteiger partial charge in [0.25, 0.3) is 0 Å². The van der Waals surface area contributed by atoms with Crippen molar-refractivity contribution < 1.29 is 5.11 Å². The molecule has 0 unspecified atom stereocenters. The summed E-state index contributed by atoms with van der Waals surface area (Å²) >= 11 is 3.77. The second kappa shape index (κ2) is 4.87. The van der Waals surface area contributed by atoms with Crippen LogP contribution in [-0.4, -0.2) is 20.7 Å². The van der Waals surface area contributed by atoms with Crippen molar-refractivity contribution in [2.45, 2.75) is 36.9 Å². The van der Waals surface area contributed by atoms with Gasteiger partial charge >= 0.3 is 0 Å². The van der Waals surface area contributed by atoms with Crippen LogP contribution < -0.4 is 0 Å². The molecule has 0 spiro atoms. The molecule has 1 aliphatic rings. The fourth-order valence-electron chi connectivity index (χ4n) is 2.13. The van der Waals surface area contributed by atoms with Crippen molar-refractivity contribution in [3.05, 3.63) is 35.4 Å². The fourth-order valence-corrected chi connectivity index (χ4v) is 5.30. The molecule has 94 valence electrons. The van der Waals surface area contributed by atoms with Crippen molar-refractivity contribution in [1.82, 2.24) is 0 Å². The van der Waals surface area contributed by atoms with Gasteiger partial charge in [-0.3, -0.25) is 0 Å². The van der Waals surface area contributed by atoms with Crippen molar-refractivity contribution in [3.63, 3.8) is 0 Å². The lowest BCUT2D eigenvalue weighted by Crippen LogP contribution is -2.44. The number of benzene rings is 1. The first-order valence-electron chi connectivity index (χ1n) is 6.03. The lowest BCUT2D eigenvalue weighted by Gasteiger charge is -2.44. The Labute approximate surface area is 112 Å². The van der Waals surface area contributed by atoms with E-state index in [0.717, 1.165) is 17.1 Å². The summed E-state index contributed by atoms with van der Waals surface area (Å²) < 4.78 is -0.140. The smallest absolute Gasteiger partial charge is 0.110 e. The first kappa shape index (κ1) is 13.3. The van der Waals surface area contributed by atoms with Crippen molar-refractivity contribution in [3.8, 4) is 0 Å². The monoisotopic (exact) mass is 268 g/mol. The molecule has 0 aliphatic carbocycles. The highest BCUT2D eigenvalue weighted by Gasteiger charge is 2.46. The van der Waals surface area contributed by atoms with Gasteiger partial charge in [-0.1, -0.05) is 29.8 Å². The minimum atomic E-state index is -0.783. The Bertz CT molecular complexity index is 395. The van der Waals surface area contributed by atoms with Crippen molar-refractivity contribution in [2.24, 2.45) is 0 Å². The fraction of sp³-hybridized carbons (Fsp3) is 0.571. The van der Waals surface area contributed by atoms with Gasteiger partial charge < -0.3 is 5.11 Å². The van der Waals surface area contributed by atoms with Crippen molar-refractivity contribution >= 4 is 23.5 Å². The van der Waals surface area contributed by atoms with E-state index in [1.165, 1.54) is 12.0 Å². The van der Waals surface area contributed by atoms with Crippen LogP contribution in [0.4, 0.5) is 0 Å². The molecule has 1 fully saturated rings. The van der Waals surface area contributed by atoms with E-state index in [1.807, 2.05) is 42.6 Å². The zero-order chi connectivity index (χ0) is 12.5. The molecule has 1 atom stereocenters. The van der Waals surface area contributed by atoms with Crippen molar-refractivity contribution in [2.75, 3.05) is 11.5 Å². The molecule has 2 rings (SSSR count). The molecule has 0 radical (unpaired) electrons. The average molecular weight is 268 g/mol. The second-order valence-corrected chi connectivity index (χ2v) is 8.22. The third-order valence-electron chi connectivity index (χ3n) is 3.51. The maximum Gasteiger partial charge on any atom is 0.110 e. The quantitative estimate of drug-likeness (QED) is 0.881. The van der Waals surface area contributed by atoms with Crippen LogP contribution in [0.3, 0.4) is 0 Å². The molecule has 0 aromatic heterocycles. The van der Waals surface area contributed by atoms with E-state index < -0.39 is 5.60 Å². The minimum Gasteiger partial charge on any atom is -0.383 e. The summed E-state index contributed by atoms with van der Waals surface area (Å²) in [4.78, 5) is 0.